The van der Waals surface area contributed by atoms with Crippen molar-refractivity contribution in [1.29, 1.82) is 0 Å². The van der Waals surface area contributed by atoms with Gasteiger partial charge in [0, 0.05) is 38.6 Å². The van der Waals surface area contributed by atoms with Crippen molar-refractivity contribution in [2.24, 2.45) is 13.0 Å². The van der Waals surface area contributed by atoms with Crippen LogP contribution in [0.4, 0.5) is 4.79 Å². The van der Waals surface area contributed by atoms with Gasteiger partial charge in [-0.05, 0) is 31.6 Å². The smallest absolute Gasteiger partial charge is 0.315 e. The number of amides is 2. The molecule has 2 unspecified atom stereocenters. The van der Waals surface area contributed by atoms with Gasteiger partial charge in [-0.3, -0.25) is 0 Å². The van der Waals surface area contributed by atoms with Gasteiger partial charge in [-0.15, -0.1) is 10.2 Å². The van der Waals surface area contributed by atoms with Crippen molar-refractivity contribution in [2.75, 3.05) is 19.8 Å². The predicted octanol–water partition coefficient (Wildman–Crippen LogP) is 1.35. The number of urea groups is 1. The molecular weight excluding hydrogens is 294 g/mol. The number of ether oxygens (including phenoxy) is 1. The maximum Gasteiger partial charge on any atom is 0.315 e. The Balaban J connectivity index is 1.35. The third kappa shape index (κ3) is 4.22. The lowest BCUT2D eigenvalue weighted by molar-refractivity contribution is 0.0419. The van der Waals surface area contributed by atoms with E-state index in [1.54, 1.807) is 0 Å². The Bertz CT molecular complexity index is 541. The van der Waals surface area contributed by atoms with Gasteiger partial charge in [-0.25, -0.2) is 4.79 Å². The first kappa shape index (κ1) is 16.2. The van der Waals surface area contributed by atoms with Gasteiger partial charge in [0.15, 0.2) is 0 Å². The number of hydrogen-bond acceptors (Lipinski definition) is 4. The van der Waals surface area contributed by atoms with Crippen LogP contribution in [0.15, 0.2) is 0 Å². The maximum atomic E-state index is 11.9. The van der Waals surface area contributed by atoms with Crippen molar-refractivity contribution < 1.29 is 9.53 Å². The summed E-state index contributed by atoms with van der Waals surface area (Å²) in [6, 6.07) is 0.129. The lowest BCUT2D eigenvalue weighted by atomic mass is 9.98. The minimum Gasteiger partial charge on any atom is -0.381 e. The fraction of sp³-hybridized carbons (Fsp3) is 0.812. The Morgan fingerprint density at radius 2 is 2.17 bits per heavy atom. The molecule has 2 heterocycles. The molecule has 7 nitrogen and oxygen atoms in total. The second-order valence-corrected chi connectivity index (χ2v) is 6.76. The van der Waals surface area contributed by atoms with Crippen LogP contribution in [0.1, 0.15) is 50.2 Å². The van der Waals surface area contributed by atoms with Gasteiger partial charge >= 0.3 is 6.03 Å². The number of aromatic nitrogens is 3. The van der Waals surface area contributed by atoms with Crippen molar-refractivity contribution in [3.05, 3.63) is 11.6 Å². The molecule has 1 aromatic rings. The monoisotopic (exact) mass is 321 g/mol. The molecule has 0 bridgehead atoms. The van der Waals surface area contributed by atoms with Crippen LogP contribution in [0, 0.1) is 5.92 Å². The van der Waals surface area contributed by atoms with Crippen LogP contribution < -0.4 is 10.6 Å². The number of nitrogens with one attached hydrogen (secondary N) is 2. The van der Waals surface area contributed by atoms with Crippen LogP contribution in [-0.2, 0) is 18.2 Å². The highest BCUT2D eigenvalue weighted by atomic mass is 16.5. The van der Waals surface area contributed by atoms with E-state index in [9.17, 15) is 4.79 Å². The second kappa shape index (κ2) is 7.29. The summed E-state index contributed by atoms with van der Waals surface area (Å²) in [6.45, 7) is 4.20. The Labute approximate surface area is 137 Å². The molecule has 3 rings (SSSR count). The summed E-state index contributed by atoms with van der Waals surface area (Å²) in [5, 5.41) is 14.5. The molecule has 1 saturated carbocycles. The first-order chi connectivity index (χ1) is 11.1. The van der Waals surface area contributed by atoms with Crippen molar-refractivity contribution >= 4 is 6.03 Å². The quantitative estimate of drug-likeness (QED) is 0.775. The van der Waals surface area contributed by atoms with E-state index in [1.807, 2.05) is 7.05 Å². The topological polar surface area (TPSA) is 81.1 Å². The summed E-state index contributed by atoms with van der Waals surface area (Å²) in [5.74, 6) is 3.10. The molecule has 2 amide bonds. The third-order valence-corrected chi connectivity index (χ3v) is 4.76. The molecule has 0 aromatic carbocycles. The summed E-state index contributed by atoms with van der Waals surface area (Å²) >= 11 is 0. The van der Waals surface area contributed by atoms with E-state index in [4.69, 9.17) is 4.74 Å². The molecule has 128 valence electrons. The lowest BCUT2D eigenvalue weighted by Crippen LogP contribution is -2.48. The number of aryl methyl sites for hydroxylation is 1. The Kier molecular flexibility index (Phi) is 5.15. The molecule has 1 aromatic heterocycles. The van der Waals surface area contributed by atoms with E-state index in [0.717, 1.165) is 44.1 Å². The fourth-order valence-electron chi connectivity index (χ4n) is 3.05. The number of rotatable bonds is 6. The van der Waals surface area contributed by atoms with Gasteiger partial charge in [0.05, 0.1) is 6.61 Å². The fourth-order valence-corrected chi connectivity index (χ4v) is 3.05. The van der Waals surface area contributed by atoms with Crippen LogP contribution >= 0.6 is 0 Å². The Morgan fingerprint density at radius 3 is 2.91 bits per heavy atom. The Morgan fingerprint density at radius 1 is 1.35 bits per heavy atom. The minimum atomic E-state index is -0.0830. The molecule has 0 radical (unpaired) electrons. The van der Waals surface area contributed by atoms with E-state index in [1.165, 1.54) is 12.8 Å². The van der Waals surface area contributed by atoms with Gasteiger partial charge in [0.1, 0.15) is 11.6 Å². The normalized spacial score (nSPS) is 24.4. The molecule has 2 fully saturated rings. The largest absolute Gasteiger partial charge is 0.381 e. The van der Waals surface area contributed by atoms with Crippen LogP contribution in [0.25, 0.3) is 0 Å². The summed E-state index contributed by atoms with van der Waals surface area (Å²) in [4.78, 5) is 11.9. The number of carbonyl (C=O) groups is 1. The average molecular weight is 321 g/mol. The summed E-state index contributed by atoms with van der Waals surface area (Å²) < 4.78 is 7.50. The molecular formula is C16H27N5O2. The molecule has 2 aliphatic rings. The van der Waals surface area contributed by atoms with Crippen molar-refractivity contribution in [3.8, 4) is 0 Å². The number of hydrogen-bond donors (Lipinski definition) is 2. The van der Waals surface area contributed by atoms with Crippen molar-refractivity contribution in [2.45, 2.75) is 51.0 Å². The first-order valence-corrected chi connectivity index (χ1v) is 8.65. The molecule has 1 saturated heterocycles. The van der Waals surface area contributed by atoms with Crippen LogP contribution in [0.3, 0.4) is 0 Å². The second-order valence-electron chi connectivity index (χ2n) is 6.76. The summed E-state index contributed by atoms with van der Waals surface area (Å²) in [6.07, 6.45) is 5.06. The zero-order valence-electron chi connectivity index (χ0n) is 14.0. The minimum absolute atomic E-state index is 0.0830. The number of nitrogens with zero attached hydrogens (tertiary/aromatic N) is 3. The van der Waals surface area contributed by atoms with E-state index in [0.29, 0.717) is 18.4 Å². The molecule has 23 heavy (non-hydrogen) atoms. The highest BCUT2D eigenvalue weighted by molar-refractivity contribution is 5.74. The standard InChI is InChI=1S/C16H27N5O2/c1-11-10-23-9-7-13(11)18-16(22)17-8-3-4-14-19-20-15(21(14)2)12-5-6-12/h11-13H,3-10H2,1-2H3,(H2,17,18,22). The summed E-state index contributed by atoms with van der Waals surface area (Å²) in [7, 11) is 2.04. The van der Waals surface area contributed by atoms with E-state index in [-0.39, 0.29) is 12.1 Å². The van der Waals surface area contributed by atoms with Gasteiger partial charge in [-0.1, -0.05) is 6.92 Å². The molecule has 7 heteroatoms. The molecule has 2 atom stereocenters. The number of carbonyl (C=O) groups excluding carboxylic acids is 1. The molecule has 1 aliphatic heterocycles. The zero-order valence-corrected chi connectivity index (χ0v) is 14.0. The third-order valence-electron chi connectivity index (χ3n) is 4.76. The van der Waals surface area contributed by atoms with E-state index >= 15 is 0 Å². The lowest BCUT2D eigenvalue weighted by Gasteiger charge is -2.29. The van der Waals surface area contributed by atoms with Gasteiger partial charge < -0.3 is 19.9 Å². The Hall–Kier alpha value is -1.63. The van der Waals surface area contributed by atoms with E-state index < -0.39 is 0 Å². The molecule has 1 aliphatic carbocycles. The maximum absolute atomic E-state index is 11.9. The van der Waals surface area contributed by atoms with Crippen molar-refractivity contribution in [3.63, 3.8) is 0 Å². The summed E-state index contributed by atoms with van der Waals surface area (Å²) in [5.41, 5.74) is 0. The van der Waals surface area contributed by atoms with E-state index in [2.05, 4.69) is 32.3 Å². The van der Waals surface area contributed by atoms with Crippen LogP contribution in [-0.4, -0.2) is 46.6 Å². The van der Waals surface area contributed by atoms with Gasteiger partial charge in [0.2, 0.25) is 0 Å². The van der Waals surface area contributed by atoms with Gasteiger partial charge in [-0.2, -0.15) is 0 Å². The first-order valence-electron chi connectivity index (χ1n) is 8.65. The molecule has 2 N–H and O–H groups in total. The highest BCUT2D eigenvalue weighted by Gasteiger charge is 2.29. The highest BCUT2D eigenvalue weighted by Crippen LogP contribution is 2.38. The predicted molar refractivity (Wildman–Crippen MR) is 86.2 cm³/mol. The van der Waals surface area contributed by atoms with Crippen LogP contribution in [0.5, 0.6) is 0 Å². The zero-order chi connectivity index (χ0) is 16.2. The van der Waals surface area contributed by atoms with Crippen LogP contribution in [0.2, 0.25) is 0 Å². The van der Waals surface area contributed by atoms with Gasteiger partial charge in [0.25, 0.3) is 0 Å². The van der Waals surface area contributed by atoms with Crippen molar-refractivity contribution in [1.82, 2.24) is 25.4 Å². The SMILES string of the molecule is CC1COCCC1NC(=O)NCCCc1nnc(C2CC2)n1C. The average Bonchev–Trinajstić information content (AvgIpc) is 3.31. The molecule has 0 spiro atoms.